The molecule has 0 amide bonds. The first-order valence-electron chi connectivity index (χ1n) is 3.54. The Morgan fingerprint density at radius 3 is 2.31 bits per heavy atom. The Labute approximate surface area is 72.2 Å². The maximum atomic E-state index is 12.8. The molecule has 1 unspecified atom stereocenters. The lowest BCUT2D eigenvalue weighted by atomic mass is 10.1. The van der Waals surface area contributed by atoms with Gasteiger partial charge in [-0.3, -0.25) is 0 Å². The standard InChI is InChI=1S/C8H7F4N/c9-5-2-1-4(3-6(10)13)7(11)8(5)12/h1-2,6H,3,13H2. The van der Waals surface area contributed by atoms with Gasteiger partial charge in [-0.25, -0.2) is 17.6 Å². The van der Waals surface area contributed by atoms with E-state index in [-0.39, 0.29) is 5.56 Å². The molecule has 0 heterocycles. The maximum Gasteiger partial charge on any atom is 0.194 e. The van der Waals surface area contributed by atoms with Crippen molar-refractivity contribution in [2.24, 2.45) is 5.73 Å². The van der Waals surface area contributed by atoms with Crippen molar-refractivity contribution in [3.8, 4) is 0 Å². The molecule has 5 heteroatoms. The quantitative estimate of drug-likeness (QED) is 0.433. The van der Waals surface area contributed by atoms with Gasteiger partial charge in [0.15, 0.2) is 23.7 Å². The highest BCUT2D eigenvalue weighted by molar-refractivity contribution is 5.20. The molecule has 72 valence electrons. The monoisotopic (exact) mass is 193 g/mol. The van der Waals surface area contributed by atoms with Crippen LogP contribution in [0.1, 0.15) is 5.56 Å². The van der Waals surface area contributed by atoms with Crippen LogP contribution in [0.15, 0.2) is 12.1 Å². The summed E-state index contributed by atoms with van der Waals surface area (Å²) >= 11 is 0. The van der Waals surface area contributed by atoms with Gasteiger partial charge in [0.25, 0.3) is 0 Å². The van der Waals surface area contributed by atoms with Gasteiger partial charge < -0.3 is 5.73 Å². The van der Waals surface area contributed by atoms with E-state index in [0.717, 1.165) is 12.1 Å². The molecule has 13 heavy (non-hydrogen) atoms. The Morgan fingerprint density at radius 1 is 1.15 bits per heavy atom. The van der Waals surface area contributed by atoms with Gasteiger partial charge in [0.2, 0.25) is 0 Å². The molecule has 2 N–H and O–H groups in total. The number of nitrogens with two attached hydrogens (primary N) is 1. The minimum Gasteiger partial charge on any atom is -0.301 e. The first-order chi connectivity index (χ1) is 6.02. The van der Waals surface area contributed by atoms with Crippen molar-refractivity contribution in [2.75, 3.05) is 0 Å². The van der Waals surface area contributed by atoms with Crippen LogP contribution >= 0.6 is 0 Å². The van der Waals surface area contributed by atoms with Crippen LogP contribution in [0.3, 0.4) is 0 Å². The predicted molar refractivity (Wildman–Crippen MR) is 39.1 cm³/mol. The third-order valence-electron chi connectivity index (χ3n) is 1.53. The molecule has 0 saturated heterocycles. The Bertz CT molecular complexity index is 311. The van der Waals surface area contributed by atoms with Crippen LogP contribution in [0.2, 0.25) is 0 Å². The molecule has 0 aliphatic rings. The van der Waals surface area contributed by atoms with Gasteiger partial charge in [0, 0.05) is 6.42 Å². The topological polar surface area (TPSA) is 26.0 Å². The molecule has 0 bridgehead atoms. The molecule has 0 aromatic heterocycles. The fraction of sp³-hybridized carbons (Fsp3) is 0.250. The number of alkyl halides is 1. The van der Waals surface area contributed by atoms with Crippen molar-refractivity contribution < 1.29 is 17.6 Å². The van der Waals surface area contributed by atoms with Gasteiger partial charge in [-0.1, -0.05) is 6.07 Å². The number of halogens is 4. The zero-order valence-corrected chi connectivity index (χ0v) is 6.53. The van der Waals surface area contributed by atoms with Gasteiger partial charge >= 0.3 is 0 Å². The van der Waals surface area contributed by atoms with Crippen LogP contribution in [0, 0.1) is 17.5 Å². The lowest BCUT2D eigenvalue weighted by Crippen LogP contribution is -2.17. The van der Waals surface area contributed by atoms with Crippen molar-refractivity contribution >= 4 is 0 Å². The molecule has 0 aliphatic carbocycles. The molecular weight excluding hydrogens is 186 g/mol. The van der Waals surface area contributed by atoms with Gasteiger partial charge in [-0.2, -0.15) is 0 Å². The summed E-state index contributed by atoms with van der Waals surface area (Å²) in [5, 5.41) is 0. The first kappa shape index (κ1) is 9.98. The second kappa shape index (κ2) is 3.74. The highest BCUT2D eigenvalue weighted by Crippen LogP contribution is 2.16. The summed E-state index contributed by atoms with van der Waals surface area (Å²) in [7, 11) is 0. The molecule has 0 aliphatic heterocycles. The van der Waals surface area contributed by atoms with Crippen LogP contribution < -0.4 is 5.73 Å². The molecular formula is C8H7F4N. The minimum atomic E-state index is -1.78. The second-order valence-electron chi connectivity index (χ2n) is 2.55. The van der Waals surface area contributed by atoms with E-state index in [2.05, 4.69) is 0 Å². The van der Waals surface area contributed by atoms with E-state index in [1.54, 1.807) is 0 Å². The summed E-state index contributed by atoms with van der Waals surface area (Å²) in [6.45, 7) is 0. The molecule has 0 saturated carbocycles. The van der Waals surface area contributed by atoms with E-state index >= 15 is 0 Å². The zero-order valence-electron chi connectivity index (χ0n) is 6.53. The predicted octanol–water partition coefficient (Wildman–Crippen LogP) is 1.90. The van der Waals surface area contributed by atoms with E-state index in [1.807, 2.05) is 0 Å². The lowest BCUT2D eigenvalue weighted by Gasteiger charge is -2.04. The highest BCUT2D eigenvalue weighted by Gasteiger charge is 2.14. The molecule has 0 spiro atoms. The SMILES string of the molecule is NC(F)Cc1ccc(F)c(F)c1F. The summed E-state index contributed by atoms with van der Waals surface area (Å²) in [5.74, 6) is -4.28. The Balaban J connectivity index is 3.04. The Morgan fingerprint density at radius 2 is 1.77 bits per heavy atom. The average molecular weight is 193 g/mol. The van der Waals surface area contributed by atoms with E-state index in [9.17, 15) is 17.6 Å². The van der Waals surface area contributed by atoms with Crippen LogP contribution in [0.5, 0.6) is 0 Å². The summed E-state index contributed by atoms with van der Waals surface area (Å²) in [6, 6.07) is 1.70. The first-order valence-corrected chi connectivity index (χ1v) is 3.54. The van der Waals surface area contributed by atoms with Crippen molar-refractivity contribution in [1.82, 2.24) is 0 Å². The number of hydrogen-bond donors (Lipinski definition) is 1. The van der Waals surface area contributed by atoms with Crippen molar-refractivity contribution in [2.45, 2.75) is 12.7 Å². The smallest absolute Gasteiger partial charge is 0.194 e. The summed E-state index contributed by atoms with van der Waals surface area (Å²) in [6.07, 6.45) is -2.25. The fourth-order valence-electron chi connectivity index (χ4n) is 0.934. The van der Waals surface area contributed by atoms with Crippen LogP contribution in [-0.2, 0) is 6.42 Å². The average Bonchev–Trinajstić information content (AvgIpc) is 2.06. The molecule has 1 nitrogen and oxygen atoms in total. The number of hydrogen-bond acceptors (Lipinski definition) is 1. The van der Waals surface area contributed by atoms with Gasteiger partial charge in [0.05, 0.1) is 0 Å². The van der Waals surface area contributed by atoms with Crippen molar-refractivity contribution in [3.05, 3.63) is 35.1 Å². The Hall–Kier alpha value is -1.10. The van der Waals surface area contributed by atoms with Gasteiger partial charge in [-0.15, -0.1) is 0 Å². The third kappa shape index (κ3) is 2.18. The normalized spacial score (nSPS) is 13.0. The zero-order chi connectivity index (χ0) is 10.0. The maximum absolute atomic E-state index is 12.8. The van der Waals surface area contributed by atoms with Crippen molar-refractivity contribution in [3.63, 3.8) is 0 Å². The largest absolute Gasteiger partial charge is 0.301 e. The van der Waals surface area contributed by atoms with Gasteiger partial charge in [0.1, 0.15) is 0 Å². The minimum absolute atomic E-state index is 0.270. The van der Waals surface area contributed by atoms with E-state index in [0.29, 0.717) is 0 Å². The molecule has 1 aromatic carbocycles. The second-order valence-corrected chi connectivity index (χ2v) is 2.55. The van der Waals surface area contributed by atoms with E-state index in [1.165, 1.54) is 0 Å². The Kier molecular flexibility index (Phi) is 2.87. The van der Waals surface area contributed by atoms with E-state index in [4.69, 9.17) is 5.73 Å². The van der Waals surface area contributed by atoms with Gasteiger partial charge in [-0.05, 0) is 11.6 Å². The summed E-state index contributed by atoms with van der Waals surface area (Å²) < 4.78 is 49.9. The third-order valence-corrected chi connectivity index (χ3v) is 1.53. The van der Waals surface area contributed by atoms with Crippen LogP contribution in [-0.4, -0.2) is 6.30 Å². The number of rotatable bonds is 2. The van der Waals surface area contributed by atoms with Crippen LogP contribution in [0.4, 0.5) is 17.6 Å². The molecule has 1 atom stereocenters. The summed E-state index contributed by atoms with van der Waals surface area (Å²) in [5.41, 5.74) is 4.46. The molecule has 0 radical (unpaired) electrons. The van der Waals surface area contributed by atoms with E-state index < -0.39 is 30.2 Å². The lowest BCUT2D eigenvalue weighted by molar-refractivity contribution is 0.335. The highest BCUT2D eigenvalue weighted by atomic mass is 19.2. The molecule has 0 fully saturated rings. The number of benzene rings is 1. The summed E-state index contributed by atoms with van der Waals surface area (Å²) in [4.78, 5) is 0. The van der Waals surface area contributed by atoms with Crippen molar-refractivity contribution in [1.29, 1.82) is 0 Å². The molecule has 1 aromatic rings. The fourth-order valence-corrected chi connectivity index (χ4v) is 0.934. The van der Waals surface area contributed by atoms with Crippen LogP contribution in [0.25, 0.3) is 0 Å². The molecule has 1 rings (SSSR count).